The molecular weight excluding hydrogens is 250 g/mol. The molecule has 0 spiro atoms. The van der Waals surface area contributed by atoms with Crippen LogP contribution in [0.3, 0.4) is 0 Å². The first kappa shape index (κ1) is 14.4. The first-order valence-corrected chi connectivity index (χ1v) is 6.58. The quantitative estimate of drug-likeness (QED) is 0.913. The smallest absolute Gasteiger partial charge is 0.163 e. The van der Waals surface area contributed by atoms with E-state index in [4.69, 9.17) is 10.5 Å². The lowest BCUT2D eigenvalue weighted by molar-refractivity contribution is -0.0398. The number of morpholine rings is 1. The minimum atomic E-state index is -0.857. The average molecular weight is 270 g/mol. The second kappa shape index (κ2) is 5.94. The van der Waals surface area contributed by atoms with Gasteiger partial charge in [-0.25, -0.2) is 8.78 Å². The number of hydrogen-bond donors (Lipinski definition) is 1. The third-order valence-corrected chi connectivity index (χ3v) is 3.69. The van der Waals surface area contributed by atoms with Crippen molar-refractivity contribution < 1.29 is 13.5 Å². The molecule has 1 aromatic rings. The molecular formula is C14H20F2N2O. The number of nitrogens with two attached hydrogens (primary N) is 1. The first-order chi connectivity index (χ1) is 9.04. The van der Waals surface area contributed by atoms with Gasteiger partial charge in [0.2, 0.25) is 0 Å². The average Bonchev–Trinajstić information content (AvgIpc) is 2.44. The highest BCUT2D eigenvalue weighted by Crippen LogP contribution is 2.25. The Hall–Kier alpha value is -1.04. The molecule has 106 valence electrons. The van der Waals surface area contributed by atoms with E-state index in [1.807, 2.05) is 0 Å². The molecule has 0 radical (unpaired) electrons. The lowest BCUT2D eigenvalue weighted by atomic mass is 9.98. The van der Waals surface area contributed by atoms with E-state index in [-0.39, 0.29) is 17.2 Å². The maximum atomic E-state index is 13.9. The SMILES string of the molecule is CCN1CCOC(C(N)c2ccc(C)c(F)c2F)C1. The highest BCUT2D eigenvalue weighted by atomic mass is 19.2. The van der Waals surface area contributed by atoms with E-state index in [9.17, 15) is 8.78 Å². The van der Waals surface area contributed by atoms with Gasteiger partial charge in [-0.1, -0.05) is 19.1 Å². The zero-order chi connectivity index (χ0) is 14.0. The largest absolute Gasteiger partial charge is 0.374 e. The minimum absolute atomic E-state index is 0.186. The Bertz CT molecular complexity index is 453. The lowest BCUT2D eigenvalue weighted by Gasteiger charge is -2.35. The maximum Gasteiger partial charge on any atom is 0.163 e. The van der Waals surface area contributed by atoms with Crippen LogP contribution in [-0.4, -0.2) is 37.2 Å². The summed E-state index contributed by atoms with van der Waals surface area (Å²) in [6.07, 6.45) is -0.301. The molecule has 1 aliphatic rings. The molecule has 2 unspecified atom stereocenters. The summed E-state index contributed by atoms with van der Waals surface area (Å²) in [4.78, 5) is 2.19. The van der Waals surface area contributed by atoms with Crippen LogP contribution in [-0.2, 0) is 4.74 Å². The Morgan fingerprint density at radius 2 is 2.16 bits per heavy atom. The zero-order valence-electron chi connectivity index (χ0n) is 11.3. The molecule has 5 heteroatoms. The van der Waals surface area contributed by atoms with Crippen LogP contribution in [0.4, 0.5) is 8.78 Å². The van der Waals surface area contributed by atoms with Gasteiger partial charge in [0.05, 0.1) is 18.8 Å². The van der Waals surface area contributed by atoms with Crippen molar-refractivity contribution >= 4 is 0 Å². The van der Waals surface area contributed by atoms with E-state index in [2.05, 4.69) is 11.8 Å². The molecule has 1 fully saturated rings. The maximum absolute atomic E-state index is 13.9. The van der Waals surface area contributed by atoms with Gasteiger partial charge in [0.25, 0.3) is 0 Å². The summed E-state index contributed by atoms with van der Waals surface area (Å²) in [5.74, 6) is -1.68. The van der Waals surface area contributed by atoms with Crippen LogP contribution in [0.15, 0.2) is 12.1 Å². The van der Waals surface area contributed by atoms with E-state index in [0.29, 0.717) is 13.2 Å². The van der Waals surface area contributed by atoms with Crippen LogP contribution >= 0.6 is 0 Å². The molecule has 0 aromatic heterocycles. The van der Waals surface area contributed by atoms with Gasteiger partial charge in [-0.3, -0.25) is 4.90 Å². The van der Waals surface area contributed by atoms with Crippen molar-refractivity contribution in [3.05, 3.63) is 34.9 Å². The third kappa shape index (κ3) is 2.94. The molecule has 2 rings (SSSR count). The van der Waals surface area contributed by atoms with Crippen molar-refractivity contribution in [2.24, 2.45) is 5.73 Å². The highest BCUT2D eigenvalue weighted by Gasteiger charge is 2.29. The van der Waals surface area contributed by atoms with Crippen LogP contribution in [0, 0.1) is 18.6 Å². The van der Waals surface area contributed by atoms with E-state index in [1.165, 1.54) is 6.92 Å². The molecule has 1 aliphatic heterocycles. The Morgan fingerprint density at radius 3 is 2.84 bits per heavy atom. The van der Waals surface area contributed by atoms with Gasteiger partial charge >= 0.3 is 0 Å². The van der Waals surface area contributed by atoms with Gasteiger partial charge in [-0.05, 0) is 19.0 Å². The summed E-state index contributed by atoms with van der Waals surface area (Å²) in [7, 11) is 0. The predicted octanol–water partition coefficient (Wildman–Crippen LogP) is 1.99. The Kier molecular flexibility index (Phi) is 4.50. The Labute approximate surface area is 112 Å². The number of halogens is 2. The lowest BCUT2D eigenvalue weighted by Crippen LogP contribution is -2.47. The molecule has 1 saturated heterocycles. The fourth-order valence-corrected chi connectivity index (χ4v) is 2.35. The topological polar surface area (TPSA) is 38.5 Å². The Morgan fingerprint density at radius 1 is 1.42 bits per heavy atom. The monoisotopic (exact) mass is 270 g/mol. The van der Waals surface area contributed by atoms with Crippen LogP contribution in [0.25, 0.3) is 0 Å². The molecule has 2 N–H and O–H groups in total. The fourth-order valence-electron chi connectivity index (χ4n) is 2.35. The van der Waals surface area contributed by atoms with Gasteiger partial charge < -0.3 is 10.5 Å². The molecule has 2 atom stereocenters. The molecule has 0 bridgehead atoms. The van der Waals surface area contributed by atoms with Crippen LogP contribution in [0.1, 0.15) is 24.1 Å². The molecule has 1 aromatic carbocycles. The summed E-state index contributed by atoms with van der Waals surface area (Å²) in [6.45, 7) is 6.56. The molecule has 1 heterocycles. The fraction of sp³-hybridized carbons (Fsp3) is 0.571. The van der Waals surface area contributed by atoms with Gasteiger partial charge in [-0.15, -0.1) is 0 Å². The second-order valence-corrected chi connectivity index (χ2v) is 4.93. The summed E-state index contributed by atoms with van der Waals surface area (Å²) < 4.78 is 33.1. The minimum Gasteiger partial charge on any atom is -0.374 e. The molecule has 3 nitrogen and oxygen atoms in total. The van der Waals surface area contributed by atoms with E-state index < -0.39 is 17.7 Å². The second-order valence-electron chi connectivity index (χ2n) is 4.93. The summed E-state index contributed by atoms with van der Waals surface area (Å²) in [6, 6.07) is 2.45. The summed E-state index contributed by atoms with van der Waals surface area (Å²) in [5.41, 5.74) is 6.52. The van der Waals surface area contributed by atoms with E-state index in [0.717, 1.165) is 13.1 Å². The summed E-state index contributed by atoms with van der Waals surface area (Å²) >= 11 is 0. The standard InChI is InChI=1S/C14H20F2N2O/c1-3-18-6-7-19-11(8-18)14(17)10-5-4-9(2)12(15)13(10)16/h4-5,11,14H,3,6-8,17H2,1-2H3. The number of benzene rings is 1. The van der Waals surface area contributed by atoms with Crippen molar-refractivity contribution in [1.82, 2.24) is 4.90 Å². The van der Waals surface area contributed by atoms with E-state index >= 15 is 0 Å². The van der Waals surface area contributed by atoms with Crippen molar-refractivity contribution in [3.8, 4) is 0 Å². The summed E-state index contributed by atoms with van der Waals surface area (Å²) in [5, 5.41) is 0. The van der Waals surface area contributed by atoms with Crippen molar-refractivity contribution in [3.63, 3.8) is 0 Å². The number of rotatable bonds is 3. The number of hydrogen-bond acceptors (Lipinski definition) is 3. The molecule has 0 saturated carbocycles. The van der Waals surface area contributed by atoms with Crippen molar-refractivity contribution in [1.29, 1.82) is 0 Å². The number of aryl methyl sites for hydroxylation is 1. The van der Waals surface area contributed by atoms with E-state index in [1.54, 1.807) is 12.1 Å². The van der Waals surface area contributed by atoms with Crippen LogP contribution in [0.5, 0.6) is 0 Å². The normalized spacial score (nSPS) is 22.5. The van der Waals surface area contributed by atoms with Crippen LogP contribution in [0.2, 0.25) is 0 Å². The molecule has 0 aliphatic carbocycles. The number of nitrogens with zero attached hydrogens (tertiary/aromatic N) is 1. The van der Waals surface area contributed by atoms with Gasteiger partial charge in [0.1, 0.15) is 0 Å². The third-order valence-electron chi connectivity index (χ3n) is 3.69. The van der Waals surface area contributed by atoms with Gasteiger partial charge in [0, 0.05) is 18.7 Å². The zero-order valence-corrected chi connectivity index (χ0v) is 11.3. The van der Waals surface area contributed by atoms with Gasteiger partial charge in [-0.2, -0.15) is 0 Å². The number of likely N-dealkylation sites (N-methyl/N-ethyl adjacent to an activating group) is 1. The Balaban J connectivity index is 2.19. The van der Waals surface area contributed by atoms with Crippen molar-refractivity contribution in [2.75, 3.05) is 26.2 Å². The molecule has 19 heavy (non-hydrogen) atoms. The van der Waals surface area contributed by atoms with Crippen molar-refractivity contribution in [2.45, 2.75) is 26.0 Å². The van der Waals surface area contributed by atoms with Gasteiger partial charge in [0.15, 0.2) is 11.6 Å². The highest BCUT2D eigenvalue weighted by molar-refractivity contribution is 5.28. The van der Waals surface area contributed by atoms with Crippen LogP contribution < -0.4 is 5.73 Å². The predicted molar refractivity (Wildman–Crippen MR) is 69.9 cm³/mol. The molecule has 0 amide bonds. The first-order valence-electron chi connectivity index (χ1n) is 6.58. The number of ether oxygens (including phenoxy) is 1.